The maximum atomic E-state index is 11.5. The zero-order valence-electron chi connectivity index (χ0n) is 13.0. The highest BCUT2D eigenvalue weighted by Crippen LogP contribution is 2.29. The van der Waals surface area contributed by atoms with E-state index in [4.69, 9.17) is 5.73 Å². The number of carbonyl (C=O) groups is 2. The second-order valence-electron chi connectivity index (χ2n) is 5.11. The monoisotopic (exact) mass is 329 g/mol. The zero-order chi connectivity index (χ0) is 16.8. The van der Waals surface area contributed by atoms with E-state index in [1.165, 1.54) is 6.92 Å². The minimum absolute atomic E-state index is 0.0881. The van der Waals surface area contributed by atoms with Crippen molar-refractivity contribution in [1.82, 2.24) is 0 Å². The van der Waals surface area contributed by atoms with E-state index in [2.05, 4.69) is 10.6 Å². The zero-order valence-corrected chi connectivity index (χ0v) is 13.8. The van der Waals surface area contributed by atoms with Crippen LogP contribution in [0.25, 0.3) is 0 Å². The Morgan fingerprint density at radius 1 is 0.913 bits per heavy atom. The first-order valence-electron chi connectivity index (χ1n) is 7.16. The maximum absolute atomic E-state index is 11.5. The molecule has 0 aliphatic carbocycles. The van der Waals surface area contributed by atoms with Gasteiger partial charge in [-0.2, -0.15) is 0 Å². The van der Waals surface area contributed by atoms with E-state index >= 15 is 0 Å². The lowest BCUT2D eigenvalue weighted by atomic mass is 10.3. The molecule has 0 bridgehead atoms. The number of hydrogen-bond acceptors (Lipinski definition) is 4. The minimum Gasteiger partial charge on any atom is -0.326 e. The van der Waals surface area contributed by atoms with E-state index in [1.54, 1.807) is 18.7 Å². The average molecular weight is 329 g/mol. The topological polar surface area (TPSA) is 84.2 Å². The summed E-state index contributed by atoms with van der Waals surface area (Å²) < 4.78 is 0. The molecule has 1 unspecified atom stereocenters. The van der Waals surface area contributed by atoms with Gasteiger partial charge in [0.1, 0.15) is 0 Å². The second kappa shape index (κ2) is 7.80. The molecule has 23 heavy (non-hydrogen) atoms. The first kappa shape index (κ1) is 17.1. The quantitative estimate of drug-likeness (QED) is 0.787. The van der Waals surface area contributed by atoms with Crippen molar-refractivity contribution >= 4 is 35.0 Å². The molecule has 4 N–H and O–H groups in total. The molecule has 2 amide bonds. The molecule has 2 rings (SSSR count). The third-order valence-corrected chi connectivity index (χ3v) is 3.96. The van der Waals surface area contributed by atoms with Crippen molar-refractivity contribution in [1.29, 1.82) is 0 Å². The van der Waals surface area contributed by atoms with Crippen molar-refractivity contribution in [2.75, 3.05) is 10.6 Å². The molecule has 1 atom stereocenters. The van der Waals surface area contributed by atoms with E-state index in [0.717, 1.165) is 21.2 Å². The Morgan fingerprint density at radius 2 is 1.35 bits per heavy atom. The molecule has 120 valence electrons. The van der Waals surface area contributed by atoms with Crippen LogP contribution in [0.1, 0.15) is 13.8 Å². The van der Waals surface area contributed by atoms with Crippen molar-refractivity contribution in [3.63, 3.8) is 0 Å². The molecule has 5 nitrogen and oxygen atoms in total. The van der Waals surface area contributed by atoms with Crippen molar-refractivity contribution < 1.29 is 9.59 Å². The fourth-order valence-electron chi connectivity index (χ4n) is 1.81. The molecule has 6 heteroatoms. The Bertz CT molecular complexity index is 682. The van der Waals surface area contributed by atoms with E-state index in [1.807, 2.05) is 48.5 Å². The highest BCUT2D eigenvalue weighted by atomic mass is 32.2. The smallest absolute Gasteiger partial charge is 0.240 e. The minimum atomic E-state index is -0.536. The van der Waals surface area contributed by atoms with Crippen LogP contribution in [0.15, 0.2) is 58.3 Å². The fraction of sp³-hybridized carbons (Fsp3) is 0.176. The van der Waals surface area contributed by atoms with E-state index < -0.39 is 6.04 Å². The van der Waals surface area contributed by atoms with Gasteiger partial charge in [0.05, 0.1) is 6.04 Å². The van der Waals surface area contributed by atoms with Crippen LogP contribution in [0.2, 0.25) is 0 Å². The SMILES string of the molecule is CC(=O)Nc1ccc(Sc2ccc(NC(=O)C(C)N)cc2)cc1. The van der Waals surface area contributed by atoms with Crippen LogP contribution >= 0.6 is 11.8 Å². The van der Waals surface area contributed by atoms with E-state index in [9.17, 15) is 9.59 Å². The molecule has 2 aromatic rings. The van der Waals surface area contributed by atoms with Gasteiger partial charge in [-0.05, 0) is 55.5 Å². The Hall–Kier alpha value is -2.31. The molecule has 2 aromatic carbocycles. The highest BCUT2D eigenvalue weighted by Gasteiger charge is 2.07. The number of hydrogen-bond donors (Lipinski definition) is 3. The third kappa shape index (κ3) is 5.43. The van der Waals surface area contributed by atoms with Gasteiger partial charge < -0.3 is 16.4 Å². The Morgan fingerprint density at radius 3 is 1.74 bits per heavy atom. The first-order chi connectivity index (χ1) is 10.9. The van der Waals surface area contributed by atoms with Gasteiger partial charge >= 0.3 is 0 Å². The van der Waals surface area contributed by atoms with Gasteiger partial charge in [-0.25, -0.2) is 0 Å². The fourth-order valence-corrected chi connectivity index (χ4v) is 2.62. The largest absolute Gasteiger partial charge is 0.326 e. The number of carbonyl (C=O) groups excluding carboxylic acids is 2. The Kier molecular flexibility index (Phi) is 5.78. The summed E-state index contributed by atoms with van der Waals surface area (Å²) in [6.45, 7) is 3.12. The van der Waals surface area contributed by atoms with Crippen LogP contribution < -0.4 is 16.4 Å². The molecule has 0 fully saturated rings. The molecule has 0 aliphatic rings. The van der Waals surface area contributed by atoms with Crippen LogP contribution in [-0.2, 0) is 9.59 Å². The average Bonchev–Trinajstić information content (AvgIpc) is 2.50. The second-order valence-corrected chi connectivity index (χ2v) is 6.26. The Labute approximate surface area is 139 Å². The van der Waals surface area contributed by atoms with E-state index in [0.29, 0.717) is 0 Å². The summed E-state index contributed by atoms with van der Waals surface area (Å²) in [6, 6.07) is 14.6. The van der Waals surface area contributed by atoms with Crippen molar-refractivity contribution in [3.8, 4) is 0 Å². The molecule has 0 aromatic heterocycles. The molecular formula is C17H19N3O2S. The van der Waals surface area contributed by atoms with Crippen molar-refractivity contribution in [2.45, 2.75) is 29.7 Å². The number of benzene rings is 2. The third-order valence-electron chi connectivity index (χ3n) is 2.95. The van der Waals surface area contributed by atoms with Gasteiger partial charge in [0, 0.05) is 28.1 Å². The standard InChI is InChI=1S/C17H19N3O2S/c1-11(18)17(22)20-14-5-9-16(10-6-14)23-15-7-3-13(4-8-15)19-12(2)21/h3-11H,18H2,1-2H3,(H,19,21)(H,20,22). The normalized spacial score (nSPS) is 11.6. The highest BCUT2D eigenvalue weighted by molar-refractivity contribution is 7.99. The van der Waals surface area contributed by atoms with E-state index in [-0.39, 0.29) is 11.8 Å². The van der Waals surface area contributed by atoms with Crippen molar-refractivity contribution in [3.05, 3.63) is 48.5 Å². The molecule has 0 heterocycles. The number of amides is 2. The van der Waals surface area contributed by atoms with Gasteiger partial charge in [-0.15, -0.1) is 0 Å². The summed E-state index contributed by atoms with van der Waals surface area (Å²) in [7, 11) is 0. The van der Waals surface area contributed by atoms with Gasteiger partial charge in [-0.3, -0.25) is 9.59 Å². The first-order valence-corrected chi connectivity index (χ1v) is 7.98. The molecule has 0 aliphatic heterocycles. The number of anilines is 2. The van der Waals surface area contributed by atoms with Crippen LogP contribution in [0.3, 0.4) is 0 Å². The summed E-state index contributed by atoms with van der Waals surface area (Å²) in [5.41, 5.74) is 7.01. The molecular weight excluding hydrogens is 310 g/mol. The Balaban J connectivity index is 1.98. The molecule has 0 saturated heterocycles. The van der Waals surface area contributed by atoms with Gasteiger partial charge in [-0.1, -0.05) is 11.8 Å². The lowest BCUT2D eigenvalue weighted by molar-refractivity contribution is -0.117. The summed E-state index contributed by atoms with van der Waals surface area (Å²) >= 11 is 1.60. The summed E-state index contributed by atoms with van der Waals surface area (Å²) in [4.78, 5) is 24.6. The number of nitrogens with one attached hydrogen (secondary N) is 2. The summed E-state index contributed by atoms with van der Waals surface area (Å²) in [6.07, 6.45) is 0. The van der Waals surface area contributed by atoms with Crippen LogP contribution in [-0.4, -0.2) is 17.9 Å². The van der Waals surface area contributed by atoms with Gasteiger partial charge in [0.15, 0.2) is 0 Å². The van der Waals surface area contributed by atoms with Gasteiger partial charge in [0.2, 0.25) is 11.8 Å². The lowest BCUT2D eigenvalue weighted by Crippen LogP contribution is -2.32. The lowest BCUT2D eigenvalue weighted by Gasteiger charge is -2.09. The summed E-state index contributed by atoms with van der Waals surface area (Å²) in [5, 5.41) is 5.48. The predicted octanol–water partition coefficient (Wildman–Crippen LogP) is 3.08. The molecule has 0 saturated carbocycles. The van der Waals surface area contributed by atoms with Gasteiger partial charge in [0.25, 0.3) is 0 Å². The number of rotatable bonds is 5. The van der Waals surface area contributed by atoms with Crippen LogP contribution in [0.5, 0.6) is 0 Å². The molecule has 0 spiro atoms. The van der Waals surface area contributed by atoms with Crippen LogP contribution in [0.4, 0.5) is 11.4 Å². The van der Waals surface area contributed by atoms with Crippen LogP contribution in [0, 0.1) is 0 Å². The van der Waals surface area contributed by atoms with Crippen molar-refractivity contribution in [2.24, 2.45) is 5.73 Å². The number of nitrogens with two attached hydrogens (primary N) is 1. The maximum Gasteiger partial charge on any atom is 0.240 e. The predicted molar refractivity (Wildman–Crippen MR) is 93.6 cm³/mol. The summed E-state index contributed by atoms with van der Waals surface area (Å²) in [5.74, 6) is -0.297. The molecule has 0 radical (unpaired) electrons.